The molecule has 1 rings (SSSR count). The third-order valence-corrected chi connectivity index (χ3v) is 3.76. The molecule has 0 fully saturated rings. The van der Waals surface area contributed by atoms with Crippen molar-refractivity contribution in [3.8, 4) is 0 Å². The van der Waals surface area contributed by atoms with Crippen LogP contribution in [0, 0.1) is 6.92 Å². The van der Waals surface area contributed by atoms with Crippen molar-refractivity contribution in [2.45, 2.75) is 26.8 Å². The van der Waals surface area contributed by atoms with Crippen LogP contribution in [0.3, 0.4) is 0 Å². The molecule has 1 aromatic heterocycles. The summed E-state index contributed by atoms with van der Waals surface area (Å²) >= 11 is 1.69. The molecule has 0 saturated carbocycles. The van der Waals surface area contributed by atoms with Crippen molar-refractivity contribution < 1.29 is 9.90 Å². The fourth-order valence-corrected chi connectivity index (χ4v) is 2.69. The van der Waals surface area contributed by atoms with Gasteiger partial charge in [0.2, 0.25) is 0 Å². The molecule has 0 spiro atoms. The second-order valence-electron chi connectivity index (χ2n) is 3.60. The van der Waals surface area contributed by atoms with Gasteiger partial charge >= 0.3 is 5.97 Å². The molecule has 0 aliphatic carbocycles. The molecule has 0 amide bonds. The molecule has 1 heterocycles. The number of carbonyl (C=O) groups is 1. The van der Waals surface area contributed by atoms with E-state index in [2.05, 4.69) is 25.3 Å². The Labute approximate surface area is 94.3 Å². The Morgan fingerprint density at radius 2 is 2.33 bits per heavy atom. The maximum atomic E-state index is 10.7. The third kappa shape index (κ3) is 3.04. The van der Waals surface area contributed by atoms with Gasteiger partial charge in [-0.3, -0.25) is 9.69 Å². The minimum atomic E-state index is -0.766. The van der Waals surface area contributed by atoms with E-state index in [1.165, 1.54) is 10.4 Å². The summed E-state index contributed by atoms with van der Waals surface area (Å²) in [7, 11) is 0. The molecule has 0 aliphatic heterocycles. The highest BCUT2D eigenvalue weighted by Gasteiger charge is 2.18. The molecule has 3 nitrogen and oxygen atoms in total. The highest BCUT2D eigenvalue weighted by molar-refractivity contribution is 7.10. The first kappa shape index (κ1) is 12.2. The van der Waals surface area contributed by atoms with Gasteiger partial charge in [-0.25, -0.2) is 0 Å². The number of nitrogens with zero attached hydrogens (tertiary/aromatic N) is 1. The molecule has 0 aromatic carbocycles. The van der Waals surface area contributed by atoms with Crippen LogP contribution >= 0.6 is 11.3 Å². The molecule has 84 valence electrons. The van der Waals surface area contributed by atoms with Gasteiger partial charge in [-0.15, -0.1) is 11.3 Å². The molecule has 1 N–H and O–H groups in total. The van der Waals surface area contributed by atoms with Crippen LogP contribution in [0.25, 0.3) is 0 Å². The summed E-state index contributed by atoms with van der Waals surface area (Å²) in [5, 5.41) is 10.8. The molecule has 0 bridgehead atoms. The molecular weight excluding hydrogens is 210 g/mol. The smallest absolute Gasteiger partial charge is 0.317 e. The number of likely N-dealkylation sites (N-methyl/N-ethyl adjacent to an activating group) is 1. The van der Waals surface area contributed by atoms with Crippen LogP contribution < -0.4 is 0 Å². The van der Waals surface area contributed by atoms with Crippen molar-refractivity contribution in [1.82, 2.24) is 4.90 Å². The summed E-state index contributed by atoms with van der Waals surface area (Å²) in [6, 6.07) is 2.26. The van der Waals surface area contributed by atoms with Crippen LogP contribution in [0.4, 0.5) is 0 Å². The van der Waals surface area contributed by atoms with Gasteiger partial charge in [0.1, 0.15) is 0 Å². The first-order valence-electron chi connectivity index (χ1n) is 5.06. The molecule has 15 heavy (non-hydrogen) atoms. The van der Waals surface area contributed by atoms with Crippen LogP contribution in [-0.4, -0.2) is 29.1 Å². The van der Waals surface area contributed by atoms with Crippen LogP contribution in [0.5, 0.6) is 0 Å². The van der Waals surface area contributed by atoms with E-state index in [0.717, 1.165) is 6.54 Å². The Kier molecular flexibility index (Phi) is 4.29. The number of aryl methyl sites for hydroxylation is 1. The summed E-state index contributed by atoms with van der Waals surface area (Å²) in [6.07, 6.45) is 0. The lowest BCUT2D eigenvalue weighted by molar-refractivity contribution is -0.138. The third-order valence-electron chi connectivity index (χ3n) is 2.57. The minimum Gasteiger partial charge on any atom is -0.480 e. The number of hydrogen-bond donors (Lipinski definition) is 1. The van der Waals surface area contributed by atoms with Crippen molar-refractivity contribution >= 4 is 17.3 Å². The van der Waals surface area contributed by atoms with E-state index in [9.17, 15) is 4.79 Å². The van der Waals surface area contributed by atoms with Gasteiger partial charge in [0.25, 0.3) is 0 Å². The summed E-state index contributed by atoms with van der Waals surface area (Å²) < 4.78 is 0. The molecule has 4 heteroatoms. The van der Waals surface area contributed by atoms with E-state index >= 15 is 0 Å². The summed E-state index contributed by atoms with van der Waals surface area (Å²) in [6.45, 7) is 6.98. The lowest BCUT2D eigenvalue weighted by Gasteiger charge is -2.25. The summed E-state index contributed by atoms with van der Waals surface area (Å²) in [4.78, 5) is 13.9. The quantitative estimate of drug-likeness (QED) is 0.840. The average Bonchev–Trinajstić information content (AvgIpc) is 2.59. The molecule has 0 saturated heterocycles. The second-order valence-corrected chi connectivity index (χ2v) is 4.55. The lowest BCUT2D eigenvalue weighted by Crippen LogP contribution is -2.32. The summed E-state index contributed by atoms with van der Waals surface area (Å²) in [5.41, 5.74) is 1.25. The predicted octanol–water partition coefficient (Wildman–Crippen LogP) is 2.52. The van der Waals surface area contributed by atoms with E-state index in [0.29, 0.717) is 0 Å². The monoisotopic (exact) mass is 227 g/mol. The lowest BCUT2D eigenvalue weighted by atomic mass is 10.1. The maximum absolute atomic E-state index is 10.7. The first-order valence-corrected chi connectivity index (χ1v) is 5.94. The topological polar surface area (TPSA) is 40.5 Å². The summed E-state index contributed by atoms with van der Waals surface area (Å²) in [5.74, 6) is -0.766. The van der Waals surface area contributed by atoms with Gasteiger partial charge in [0.15, 0.2) is 0 Å². The van der Waals surface area contributed by atoms with E-state index in [-0.39, 0.29) is 12.6 Å². The number of hydrogen-bond acceptors (Lipinski definition) is 3. The maximum Gasteiger partial charge on any atom is 0.317 e. The highest BCUT2D eigenvalue weighted by atomic mass is 32.1. The minimum absolute atomic E-state index is 0.106. The van der Waals surface area contributed by atoms with Gasteiger partial charge in [-0.05, 0) is 37.4 Å². The fourth-order valence-electron chi connectivity index (χ4n) is 1.67. The first-order chi connectivity index (χ1) is 7.06. The van der Waals surface area contributed by atoms with E-state index in [1.807, 2.05) is 11.8 Å². The van der Waals surface area contributed by atoms with Crippen LogP contribution in [0.15, 0.2) is 11.4 Å². The van der Waals surface area contributed by atoms with E-state index < -0.39 is 5.97 Å². The molecule has 0 aliphatic rings. The molecule has 1 aromatic rings. The van der Waals surface area contributed by atoms with E-state index in [4.69, 9.17) is 5.11 Å². The Bertz CT molecular complexity index is 335. The van der Waals surface area contributed by atoms with Crippen molar-refractivity contribution in [2.24, 2.45) is 0 Å². The Balaban J connectivity index is 2.77. The zero-order chi connectivity index (χ0) is 11.4. The van der Waals surface area contributed by atoms with Gasteiger partial charge in [0.05, 0.1) is 6.54 Å². The van der Waals surface area contributed by atoms with E-state index in [1.54, 1.807) is 11.3 Å². The highest BCUT2D eigenvalue weighted by Crippen LogP contribution is 2.27. The SMILES string of the molecule is CCN(CC(=O)O)C(C)c1sccc1C. The second kappa shape index (κ2) is 5.28. The van der Waals surface area contributed by atoms with Crippen LogP contribution in [-0.2, 0) is 4.79 Å². The molecule has 1 unspecified atom stereocenters. The largest absolute Gasteiger partial charge is 0.480 e. The van der Waals surface area contributed by atoms with Crippen molar-refractivity contribution in [3.63, 3.8) is 0 Å². The normalized spacial score (nSPS) is 13.1. The van der Waals surface area contributed by atoms with Crippen molar-refractivity contribution in [1.29, 1.82) is 0 Å². The standard InChI is InChI=1S/C11H17NO2S/c1-4-12(7-10(13)14)9(3)11-8(2)5-6-15-11/h5-6,9H,4,7H2,1-3H3,(H,13,14). The predicted molar refractivity (Wildman–Crippen MR) is 62.4 cm³/mol. The van der Waals surface area contributed by atoms with Gasteiger partial charge in [-0.1, -0.05) is 6.92 Å². The van der Waals surface area contributed by atoms with Crippen LogP contribution in [0.1, 0.15) is 30.3 Å². The molecule has 1 atom stereocenters. The van der Waals surface area contributed by atoms with Crippen LogP contribution in [0.2, 0.25) is 0 Å². The number of carboxylic acids is 1. The molecular formula is C11H17NO2S. The number of thiophene rings is 1. The Hall–Kier alpha value is -0.870. The zero-order valence-corrected chi connectivity index (χ0v) is 10.2. The van der Waals surface area contributed by atoms with Gasteiger partial charge < -0.3 is 5.11 Å². The van der Waals surface area contributed by atoms with Gasteiger partial charge in [-0.2, -0.15) is 0 Å². The average molecular weight is 227 g/mol. The Morgan fingerprint density at radius 1 is 1.67 bits per heavy atom. The molecule has 0 radical (unpaired) electrons. The van der Waals surface area contributed by atoms with Crippen molar-refractivity contribution in [3.05, 3.63) is 21.9 Å². The Morgan fingerprint density at radius 3 is 2.73 bits per heavy atom. The fraction of sp³-hybridized carbons (Fsp3) is 0.545. The zero-order valence-electron chi connectivity index (χ0n) is 9.36. The van der Waals surface area contributed by atoms with Gasteiger partial charge in [0, 0.05) is 10.9 Å². The number of aliphatic carboxylic acids is 1. The number of rotatable bonds is 5. The number of carboxylic acid groups (broad SMARTS) is 1. The van der Waals surface area contributed by atoms with Crippen molar-refractivity contribution in [2.75, 3.05) is 13.1 Å².